The molecule has 7 nitrogen and oxygen atoms in total. The van der Waals surface area contributed by atoms with Gasteiger partial charge in [-0.3, -0.25) is 4.98 Å². The highest BCUT2D eigenvalue weighted by atomic mass is 35.5. The maximum atomic E-state index is 16.4. The van der Waals surface area contributed by atoms with Gasteiger partial charge >= 0.3 is 0 Å². The molecule has 10 heteroatoms. The van der Waals surface area contributed by atoms with Crippen molar-refractivity contribution in [1.29, 1.82) is 5.26 Å². The van der Waals surface area contributed by atoms with Crippen LogP contribution in [0.1, 0.15) is 31.5 Å². The molecule has 34 heavy (non-hydrogen) atoms. The molecule has 1 fully saturated rings. The summed E-state index contributed by atoms with van der Waals surface area (Å²) in [5, 5.41) is 14.3. The fourth-order valence-corrected chi connectivity index (χ4v) is 6.46. The number of fused-ring (bicyclic) bond motifs is 3. The number of nitrogens with two attached hydrogens (primary N) is 1. The molecule has 0 saturated carbocycles. The van der Waals surface area contributed by atoms with Gasteiger partial charge in [-0.25, -0.2) is 9.38 Å². The van der Waals surface area contributed by atoms with E-state index in [0.717, 1.165) is 29.7 Å². The molecular weight excluding hydrogens is 475 g/mol. The number of rotatable bonds is 1. The van der Waals surface area contributed by atoms with Gasteiger partial charge in [0.05, 0.1) is 34.2 Å². The number of guanidine groups is 1. The maximum absolute atomic E-state index is 16.4. The van der Waals surface area contributed by atoms with Crippen molar-refractivity contribution in [3.8, 4) is 6.07 Å². The van der Waals surface area contributed by atoms with Crippen molar-refractivity contribution >= 4 is 49.6 Å². The Morgan fingerprint density at radius 3 is 2.88 bits per heavy atom. The van der Waals surface area contributed by atoms with Crippen molar-refractivity contribution in [2.45, 2.75) is 32.4 Å². The molecule has 5 heterocycles. The Labute approximate surface area is 205 Å². The zero-order chi connectivity index (χ0) is 23.7. The highest BCUT2D eigenvalue weighted by Gasteiger charge is 2.41. The number of anilines is 1. The van der Waals surface area contributed by atoms with Crippen molar-refractivity contribution in [3.63, 3.8) is 0 Å². The second-order valence-corrected chi connectivity index (χ2v) is 10.5. The van der Waals surface area contributed by atoms with Crippen LogP contribution in [0.2, 0.25) is 5.02 Å². The predicted molar refractivity (Wildman–Crippen MR) is 132 cm³/mol. The number of nitriles is 1. The molecule has 0 spiro atoms. The van der Waals surface area contributed by atoms with Crippen LogP contribution in [0.15, 0.2) is 39.9 Å². The molecule has 1 aliphatic carbocycles. The average Bonchev–Trinajstić information content (AvgIpc) is 3.53. The van der Waals surface area contributed by atoms with Gasteiger partial charge in [0.2, 0.25) is 0 Å². The number of nitrogens with zero attached hydrogens (tertiary/aromatic N) is 4. The molecule has 0 radical (unpaired) electrons. The van der Waals surface area contributed by atoms with E-state index in [1.165, 1.54) is 17.5 Å². The van der Waals surface area contributed by atoms with Gasteiger partial charge in [-0.2, -0.15) is 5.26 Å². The number of thiophene rings is 1. The summed E-state index contributed by atoms with van der Waals surface area (Å²) in [5.74, 6) is 0.809. The monoisotopic (exact) mass is 496 g/mol. The summed E-state index contributed by atoms with van der Waals surface area (Å²) in [6, 6.07) is 1.66. The van der Waals surface area contributed by atoms with Crippen LogP contribution in [-0.2, 0) is 4.74 Å². The fraction of sp³-hybridized carbons (Fsp3) is 0.375. The number of aromatic nitrogens is 1. The van der Waals surface area contributed by atoms with Gasteiger partial charge in [0, 0.05) is 41.5 Å². The standard InChI is InChI=1S/C24H22ClFN6OS/c1-10-3-4-32(11(10)2)24-30-6-13-14-8-33-9-15(14)17(19(26)20(13)31-24)21-18-12(5-27)23(28)34-22(18)16(25)7-29-21/h6-7,10-11,20H,3-4,8-9,28H2,1-2H3,(H,30,31). The van der Waals surface area contributed by atoms with E-state index < -0.39 is 11.9 Å². The van der Waals surface area contributed by atoms with Crippen LogP contribution in [0.5, 0.6) is 0 Å². The number of hydrogen-bond donors (Lipinski definition) is 2. The molecule has 6 rings (SSSR count). The first kappa shape index (κ1) is 21.6. The summed E-state index contributed by atoms with van der Waals surface area (Å²) < 4.78 is 22.8. The highest BCUT2D eigenvalue weighted by Crippen LogP contribution is 2.48. The van der Waals surface area contributed by atoms with Crippen molar-refractivity contribution in [3.05, 3.63) is 51.2 Å². The lowest BCUT2D eigenvalue weighted by atomic mass is 9.82. The van der Waals surface area contributed by atoms with Crippen molar-refractivity contribution < 1.29 is 9.13 Å². The summed E-state index contributed by atoms with van der Waals surface area (Å²) in [5.41, 5.74) is 9.48. The molecule has 1 saturated heterocycles. The molecule has 2 aromatic rings. The van der Waals surface area contributed by atoms with Gasteiger partial charge in [0.1, 0.15) is 22.9 Å². The fourth-order valence-electron chi connectivity index (χ4n) is 5.28. The quantitative estimate of drug-likeness (QED) is 0.608. The topological polar surface area (TPSA) is 99.6 Å². The lowest BCUT2D eigenvalue weighted by Gasteiger charge is -2.33. The first-order valence-corrected chi connectivity index (χ1v) is 12.4. The van der Waals surface area contributed by atoms with Crippen molar-refractivity contribution in [2.24, 2.45) is 10.9 Å². The second kappa shape index (κ2) is 7.80. The summed E-state index contributed by atoms with van der Waals surface area (Å²) in [4.78, 5) is 11.5. The van der Waals surface area contributed by atoms with Crippen LogP contribution in [-0.4, -0.2) is 47.7 Å². The minimum absolute atomic E-state index is 0.257. The minimum atomic E-state index is -0.802. The molecule has 2 aromatic heterocycles. The van der Waals surface area contributed by atoms with Gasteiger partial charge in [-0.05, 0) is 30.4 Å². The Kier molecular flexibility index (Phi) is 4.96. The zero-order valence-corrected chi connectivity index (χ0v) is 20.2. The number of ether oxygens (including phenoxy) is 1. The number of nitrogen functional groups attached to an aromatic ring is 1. The first-order valence-electron chi connectivity index (χ1n) is 11.2. The van der Waals surface area contributed by atoms with Gasteiger partial charge in [0.25, 0.3) is 0 Å². The average molecular weight is 497 g/mol. The van der Waals surface area contributed by atoms with E-state index in [-0.39, 0.29) is 12.2 Å². The highest BCUT2D eigenvalue weighted by molar-refractivity contribution is 7.23. The number of nitrogens with one attached hydrogen (secondary N) is 1. The van der Waals surface area contributed by atoms with Crippen LogP contribution in [0.3, 0.4) is 0 Å². The Bertz CT molecular complexity index is 1420. The predicted octanol–water partition coefficient (Wildman–Crippen LogP) is 4.37. The Morgan fingerprint density at radius 2 is 2.15 bits per heavy atom. The third kappa shape index (κ3) is 2.95. The molecule has 0 aromatic carbocycles. The first-order chi connectivity index (χ1) is 16.4. The summed E-state index contributed by atoms with van der Waals surface area (Å²) >= 11 is 7.59. The normalized spacial score (nSPS) is 26.3. The van der Waals surface area contributed by atoms with E-state index in [1.54, 1.807) is 0 Å². The van der Waals surface area contributed by atoms with Gasteiger partial charge in [0.15, 0.2) is 5.96 Å². The van der Waals surface area contributed by atoms with Crippen LogP contribution >= 0.6 is 22.9 Å². The lowest BCUT2D eigenvalue weighted by Crippen LogP contribution is -2.45. The number of halogens is 2. The van der Waals surface area contributed by atoms with Crippen LogP contribution in [0, 0.1) is 17.2 Å². The second-order valence-electron chi connectivity index (χ2n) is 9.08. The molecule has 4 aliphatic rings. The molecule has 3 unspecified atom stereocenters. The van der Waals surface area contributed by atoms with Gasteiger partial charge in [-0.15, -0.1) is 11.3 Å². The van der Waals surface area contributed by atoms with E-state index in [4.69, 9.17) is 27.1 Å². The molecule has 3 aliphatic heterocycles. The summed E-state index contributed by atoms with van der Waals surface area (Å²) in [7, 11) is 0. The SMILES string of the molecule is CC1CCN(C2=NC3C(=CN2)C2=C(COC2)C(c2ncc(Cl)c4sc(N)c(C#N)c24)=C3F)C1C. The largest absolute Gasteiger partial charge is 0.389 e. The van der Waals surface area contributed by atoms with Crippen LogP contribution in [0.4, 0.5) is 9.39 Å². The van der Waals surface area contributed by atoms with E-state index in [2.05, 4.69) is 35.1 Å². The Morgan fingerprint density at radius 1 is 1.35 bits per heavy atom. The Hall–Kier alpha value is -2.93. The summed E-state index contributed by atoms with van der Waals surface area (Å²) in [6.45, 7) is 5.89. The van der Waals surface area contributed by atoms with Crippen molar-refractivity contribution in [2.75, 3.05) is 25.5 Å². The molecule has 174 valence electrons. The zero-order valence-electron chi connectivity index (χ0n) is 18.7. The Balaban J connectivity index is 1.55. The molecular formula is C24H22ClFN6OS. The number of hydrogen-bond acceptors (Lipinski definition) is 8. The van der Waals surface area contributed by atoms with Crippen LogP contribution < -0.4 is 11.1 Å². The van der Waals surface area contributed by atoms with Gasteiger partial charge in [-0.1, -0.05) is 18.5 Å². The van der Waals surface area contributed by atoms with Gasteiger partial charge < -0.3 is 20.7 Å². The van der Waals surface area contributed by atoms with E-state index in [1.807, 2.05) is 6.20 Å². The smallest absolute Gasteiger partial charge is 0.199 e. The van der Waals surface area contributed by atoms with E-state index in [0.29, 0.717) is 55.9 Å². The third-order valence-electron chi connectivity index (χ3n) is 7.35. The molecule has 0 amide bonds. The maximum Gasteiger partial charge on any atom is 0.199 e. The molecule has 3 atom stereocenters. The van der Waals surface area contributed by atoms with E-state index >= 15 is 4.39 Å². The number of pyridine rings is 1. The van der Waals surface area contributed by atoms with Crippen LogP contribution in [0.25, 0.3) is 15.7 Å². The third-order valence-corrected chi connectivity index (χ3v) is 8.80. The number of aliphatic imine (C=N–C) groups is 1. The molecule has 3 N–H and O–H groups in total. The van der Waals surface area contributed by atoms with Crippen molar-refractivity contribution in [1.82, 2.24) is 15.2 Å². The lowest BCUT2D eigenvalue weighted by molar-refractivity contribution is 0.207. The summed E-state index contributed by atoms with van der Waals surface area (Å²) in [6.07, 6.45) is 4.42. The minimum Gasteiger partial charge on any atom is -0.389 e. The number of likely N-dealkylation sites (tertiary alicyclic amines) is 1. The molecule has 0 bridgehead atoms. The van der Waals surface area contributed by atoms with E-state index in [9.17, 15) is 5.26 Å².